The fourth-order valence-electron chi connectivity index (χ4n) is 1.96. The van der Waals surface area contributed by atoms with E-state index < -0.39 is 16.4 Å². The number of nitro groups is 1. The van der Waals surface area contributed by atoms with Crippen LogP contribution in [-0.2, 0) is 4.79 Å². The maximum absolute atomic E-state index is 13.2. The molecule has 0 heterocycles. The van der Waals surface area contributed by atoms with Crippen LogP contribution >= 0.6 is 23.2 Å². The summed E-state index contributed by atoms with van der Waals surface area (Å²) in [5.41, 5.74) is -0.543. The predicted octanol–water partition coefficient (Wildman–Crippen LogP) is 4.84. The molecule has 0 atom stereocenters. The molecule has 6 nitrogen and oxygen atoms in total. The van der Waals surface area contributed by atoms with Crippen LogP contribution in [0, 0.1) is 15.9 Å². The lowest BCUT2D eigenvalue weighted by atomic mass is 10.2. The second kappa shape index (κ2) is 8.64. The molecule has 132 valence electrons. The molecular formula is C16H13Cl2FN2O4. The second-order valence-electron chi connectivity index (χ2n) is 5.00. The van der Waals surface area contributed by atoms with E-state index in [0.717, 1.165) is 12.1 Å². The average molecular weight is 387 g/mol. The molecule has 0 saturated heterocycles. The number of nitrogens with one attached hydrogen (secondary N) is 1. The molecule has 2 aromatic carbocycles. The predicted molar refractivity (Wildman–Crippen MR) is 92.9 cm³/mol. The number of anilines is 1. The first kappa shape index (κ1) is 19.0. The van der Waals surface area contributed by atoms with E-state index in [2.05, 4.69) is 5.32 Å². The number of ether oxygens (including phenoxy) is 1. The van der Waals surface area contributed by atoms with E-state index in [9.17, 15) is 19.3 Å². The summed E-state index contributed by atoms with van der Waals surface area (Å²) >= 11 is 11.7. The van der Waals surface area contributed by atoms with Gasteiger partial charge in [0.2, 0.25) is 11.7 Å². The molecule has 0 aromatic heterocycles. The first-order valence-electron chi connectivity index (χ1n) is 7.18. The Kier molecular flexibility index (Phi) is 6.55. The molecule has 0 aliphatic heterocycles. The third-order valence-electron chi connectivity index (χ3n) is 3.13. The van der Waals surface area contributed by atoms with Crippen molar-refractivity contribution >= 4 is 40.5 Å². The lowest BCUT2D eigenvalue weighted by Gasteiger charge is -2.08. The van der Waals surface area contributed by atoms with Crippen LogP contribution in [0.15, 0.2) is 36.4 Å². The van der Waals surface area contributed by atoms with Gasteiger partial charge in [-0.1, -0.05) is 23.2 Å². The van der Waals surface area contributed by atoms with Gasteiger partial charge in [0.15, 0.2) is 0 Å². The highest BCUT2D eigenvalue weighted by Crippen LogP contribution is 2.27. The Labute approximate surface area is 152 Å². The number of amides is 1. The quantitative estimate of drug-likeness (QED) is 0.419. The Morgan fingerprint density at radius 2 is 2.00 bits per heavy atom. The number of hydrogen-bond acceptors (Lipinski definition) is 4. The van der Waals surface area contributed by atoms with Crippen LogP contribution in [0.3, 0.4) is 0 Å². The van der Waals surface area contributed by atoms with Crippen LogP contribution in [0.4, 0.5) is 15.8 Å². The van der Waals surface area contributed by atoms with Gasteiger partial charge in [0.25, 0.3) is 0 Å². The van der Waals surface area contributed by atoms with Crippen LogP contribution in [0.1, 0.15) is 12.8 Å². The fraction of sp³-hybridized carbons (Fsp3) is 0.188. The number of nitro benzene ring substituents is 1. The van der Waals surface area contributed by atoms with E-state index >= 15 is 0 Å². The zero-order chi connectivity index (χ0) is 18.4. The van der Waals surface area contributed by atoms with Gasteiger partial charge in [-0.15, -0.1) is 0 Å². The Hall–Kier alpha value is -2.38. The molecule has 0 radical (unpaired) electrons. The van der Waals surface area contributed by atoms with Crippen molar-refractivity contribution in [2.45, 2.75) is 12.8 Å². The van der Waals surface area contributed by atoms with E-state index in [4.69, 9.17) is 27.9 Å². The van der Waals surface area contributed by atoms with Crippen molar-refractivity contribution < 1.29 is 18.8 Å². The van der Waals surface area contributed by atoms with Crippen LogP contribution in [0.25, 0.3) is 0 Å². The Morgan fingerprint density at radius 3 is 2.68 bits per heavy atom. The Balaban J connectivity index is 1.81. The van der Waals surface area contributed by atoms with Crippen molar-refractivity contribution in [1.82, 2.24) is 0 Å². The first-order valence-corrected chi connectivity index (χ1v) is 7.94. The Bertz CT molecular complexity index is 802. The molecule has 9 heteroatoms. The minimum Gasteiger partial charge on any atom is -0.492 e. The van der Waals surface area contributed by atoms with E-state index in [0.29, 0.717) is 22.2 Å². The van der Waals surface area contributed by atoms with Crippen molar-refractivity contribution in [2.75, 3.05) is 11.9 Å². The van der Waals surface area contributed by atoms with Gasteiger partial charge < -0.3 is 10.1 Å². The van der Waals surface area contributed by atoms with Crippen molar-refractivity contribution in [3.63, 3.8) is 0 Å². The van der Waals surface area contributed by atoms with E-state index in [1.54, 1.807) is 18.2 Å². The highest BCUT2D eigenvalue weighted by molar-refractivity contribution is 6.35. The van der Waals surface area contributed by atoms with Crippen molar-refractivity contribution in [2.24, 2.45) is 0 Å². The number of carbonyl (C=O) groups excluding carboxylic acids is 1. The van der Waals surface area contributed by atoms with Gasteiger partial charge in [-0.3, -0.25) is 14.9 Å². The zero-order valence-corrected chi connectivity index (χ0v) is 14.3. The van der Waals surface area contributed by atoms with Gasteiger partial charge in [-0.25, -0.2) is 0 Å². The van der Waals surface area contributed by atoms with Crippen LogP contribution in [-0.4, -0.2) is 17.4 Å². The number of benzene rings is 2. The third kappa shape index (κ3) is 5.58. The number of rotatable bonds is 7. The summed E-state index contributed by atoms with van der Waals surface area (Å²) < 4.78 is 18.7. The van der Waals surface area contributed by atoms with Gasteiger partial charge in [-0.05, 0) is 36.8 Å². The fourth-order valence-corrected chi connectivity index (χ4v) is 2.42. The lowest BCUT2D eigenvalue weighted by Crippen LogP contribution is -2.13. The lowest BCUT2D eigenvalue weighted by molar-refractivity contribution is -0.387. The molecule has 2 aromatic rings. The van der Waals surface area contributed by atoms with Crippen LogP contribution in [0.2, 0.25) is 10.0 Å². The minimum absolute atomic E-state index is 0.121. The van der Waals surface area contributed by atoms with E-state index in [1.807, 2.05) is 0 Å². The highest BCUT2D eigenvalue weighted by Gasteiger charge is 2.15. The van der Waals surface area contributed by atoms with E-state index in [-0.39, 0.29) is 24.6 Å². The molecule has 0 spiro atoms. The summed E-state index contributed by atoms with van der Waals surface area (Å²) in [5, 5.41) is 14.0. The van der Waals surface area contributed by atoms with Gasteiger partial charge in [0.1, 0.15) is 5.75 Å². The molecule has 2 rings (SSSR count). The molecule has 1 amide bonds. The SMILES string of the molecule is O=C(CCCOc1ccc(Cl)cc1Cl)Nc1ccc(F)c([N+](=O)[O-])c1. The molecule has 0 aliphatic rings. The second-order valence-corrected chi connectivity index (χ2v) is 5.84. The van der Waals surface area contributed by atoms with Crippen LogP contribution < -0.4 is 10.1 Å². The monoisotopic (exact) mass is 386 g/mol. The normalized spacial score (nSPS) is 10.4. The van der Waals surface area contributed by atoms with E-state index in [1.165, 1.54) is 6.07 Å². The highest BCUT2D eigenvalue weighted by atomic mass is 35.5. The molecule has 25 heavy (non-hydrogen) atoms. The Morgan fingerprint density at radius 1 is 1.24 bits per heavy atom. The maximum atomic E-state index is 13.2. The van der Waals surface area contributed by atoms with Gasteiger partial charge >= 0.3 is 5.69 Å². The summed E-state index contributed by atoms with van der Waals surface area (Å²) in [7, 11) is 0. The average Bonchev–Trinajstić information content (AvgIpc) is 2.54. The van der Waals surface area contributed by atoms with Crippen LogP contribution in [0.5, 0.6) is 5.75 Å². The molecule has 0 unspecified atom stereocenters. The summed E-state index contributed by atoms with van der Waals surface area (Å²) in [4.78, 5) is 21.6. The van der Waals surface area contributed by atoms with Gasteiger partial charge in [0, 0.05) is 23.2 Å². The summed E-state index contributed by atoms with van der Waals surface area (Å²) in [6, 6.07) is 7.96. The number of halogens is 3. The zero-order valence-electron chi connectivity index (χ0n) is 12.8. The molecule has 0 fully saturated rings. The molecule has 0 aliphatic carbocycles. The smallest absolute Gasteiger partial charge is 0.306 e. The summed E-state index contributed by atoms with van der Waals surface area (Å²) in [6.45, 7) is 0.248. The first-order chi connectivity index (χ1) is 11.9. The molecule has 0 saturated carbocycles. The summed E-state index contributed by atoms with van der Waals surface area (Å²) in [5.74, 6) is -0.872. The number of nitrogens with zero attached hydrogens (tertiary/aromatic N) is 1. The standard InChI is InChI=1S/C16H13Cl2FN2O4/c17-10-3-6-15(12(18)8-10)25-7-1-2-16(22)20-11-4-5-13(19)14(9-11)21(23)24/h3-6,8-9H,1-2,7H2,(H,20,22). The van der Waals surface area contributed by atoms with Crippen molar-refractivity contribution in [3.8, 4) is 5.75 Å². The minimum atomic E-state index is -0.962. The van der Waals surface area contributed by atoms with Crippen molar-refractivity contribution in [3.05, 3.63) is 62.4 Å². The summed E-state index contributed by atoms with van der Waals surface area (Å²) in [6.07, 6.45) is 0.518. The molecular weight excluding hydrogens is 374 g/mol. The number of hydrogen-bond donors (Lipinski definition) is 1. The molecule has 0 bridgehead atoms. The third-order valence-corrected chi connectivity index (χ3v) is 3.66. The van der Waals surface area contributed by atoms with Gasteiger partial charge in [0.05, 0.1) is 16.6 Å². The topological polar surface area (TPSA) is 81.5 Å². The maximum Gasteiger partial charge on any atom is 0.306 e. The largest absolute Gasteiger partial charge is 0.492 e. The number of carbonyl (C=O) groups is 1. The van der Waals surface area contributed by atoms with Crippen molar-refractivity contribution in [1.29, 1.82) is 0 Å². The van der Waals surface area contributed by atoms with Gasteiger partial charge in [-0.2, -0.15) is 4.39 Å². The molecule has 1 N–H and O–H groups in total.